The molecule has 2 aromatic rings. The zero-order valence-corrected chi connectivity index (χ0v) is 12.7. The van der Waals surface area contributed by atoms with Crippen LogP contribution in [0.2, 0.25) is 0 Å². The number of fused-ring (bicyclic) bond motifs is 1. The van der Waals surface area contributed by atoms with Gasteiger partial charge in [-0.25, -0.2) is 9.18 Å². The van der Waals surface area contributed by atoms with Gasteiger partial charge in [-0.1, -0.05) is 6.07 Å². The van der Waals surface area contributed by atoms with Gasteiger partial charge in [-0.15, -0.1) is 0 Å². The Morgan fingerprint density at radius 1 is 1.29 bits per heavy atom. The maximum Gasteiger partial charge on any atom is 0.342 e. The van der Waals surface area contributed by atoms with Crippen LogP contribution in [0.1, 0.15) is 40.4 Å². The number of benzene rings is 2. The van der Waals surface area contributed by atoms with Crippen molar-refractivity contribution in [1.82, 2.24) is 0 Å². The number of carbonyl (C=O) groups is 1. The summed E-state index contributed by atoms with van der Waals surface area (Å²) >= 11 is 0. The van der Waals surface area contributed by atoms with Gasteiger partial charge in [-0.2, -0.15) is 0 Å². The van der Waals surface area contributed by atoms with Gasteiger partial charge < -0.3 is 10.4 Å². The third-order valence-corrected chi connectivity index (χ3v) is 4.18. The summed E-state index contributed by atoms with van der Waals surface area (Å²) in [6.45, 7) is 0. The monoisotopic (exact) mass is 330 g/mol. The Morgan fingerprint density at radius 3 is 2.79 bits per heavy atom. The summed E-state index contributed by atoms with van der Waals surface area (Å²) in [5.74, 6) is -1.63. The second kappa shape index (κ2) is 6.27. The van der Waals surface area contributed by atoms with Crippen LogP contribution in [0.5, 0.6) is 0 Å². The molecule has 1 atom stereocenters. The lowest BCUT2D eigenvalue weighted by Crippen LogP contribution is -2.18. The lowest BCUT2D eigenvalue weighted by molar-refractivity contribution is -0.385. The molecule has 0 spiro atoms. The van der Waals surface area contributed by atoms with E-state index in [2.05, 4.69) is 5.32 Å². The van der Waals surface area contributed by atoms with E-state index in [4.69, 9.17) is 5.11 Å². The number of aromatic carboxylic acids is 1. The zero-order valence-electron chi connectivity index (χ0n) is 12.7. The number of rotatable bonds is 4. The lowest BCUT2D eigenvalue weighted by atomic mass is 9.87. The van der Waals surface area contributed by atoms with E-state index in [0.29, 0.717) is 5.69 Å². The van der Waals surface area contributed by atoms with Crippen molar-refractivity contribution < 1.29 is 19.2 Å². The second-order valence-electron chi connectivity index (χ2n) is 5.73. The second-order valence-corrected chi connectivity index (χ2v) is 5.73. The van der Waals surface area contributed by atoms with Gasteiger partial charge in [0.25, 0.3) is 5.69 Å². The van der Waals surface area contributed by atoms with Crippen LogP contribution < -0.4 is 5.32 Å². The van der Waals surface area contributed by atoms with Gasteiger partial charge in [0.2, 0.25) is 0 Å². The molecule has 0 fully saturated rings. The van der Waals surface area contributed by atoms with Crippen molar-refractivity contribution >= 4 is 17.3 Å². The molecule has 0 radical (unpaired) electrons. The van der Waals surface area contributed by atoms with Crippen molar-refractivity contribution in [3.05, 3.63) is 69.0 Å². The molecule has 1 unspecified atom stereocenters. The minimum atomic E-state index is -1.35. The summed E-state index contributed by atoms with van der Waals surface area (Å²) < 4.78 is 13.4. The number of nitrogens with one attached hydrogen (secondary N) is 1. The molecule has 3 rings (SSSR count). The quantitative estimate of drug-likeness (QED) is 0.655. The van der Waals surface area contributed by atoms with Crippen LogP contribution in [0.25, 0.3) is 0 Å². The van der Waals surface area contributed by atoms with E-state index >= 15 is 0 Å². The van der Waals surface area contributed by atoms with Crippen molar-refractivity contribution in [3.8, 4) is 0 Å². The van der Waals surface area contributed by atoms with Gasteiger partial charge in [-0.05, 0) is 54.7 Å². The van der Waals surface area contributed by atoms with Crippen LogP contribution in [-0.2, 0) is 6.42 Å². The highest BCUT2D eigenvalue weighted by Crippen LogP contribution is 2.34. The SMILES string of the molecule is O=C(O)c1cc(NC2CCCc3cc(F)ccc32)ccc1[N+](=O)[O-]. The van der Waals surface area contributed by atoms with E-state index in [-0.39, 0.29) is 17.4 Å². The number of nitro groups is 1. The Hall–Kier alpha value is -2.96. The number of anilines is 1. The first-order valence-electron chi connectivity index (χ1n) is 7.52. The standard InChI is InChI=1S/C17H15FN2O4/c18-11-4-6-13-10(8-11)2-1-3-15(13)19-12-5-7-16(20(23)24)14(9-12)17(21)22/h4-9,15,19H,1-3H2,(H,21,22). The summed E-state index contributed by atoms with van der Waals surface area (Å²) in [4.78, 5) is 21.4. The predicted molar refractivity (Wildman–Crippen MR) is 85.8 cm³/mol. The van der Waals surface area contributed by atoms with Gasteiger partial charge in [-0.3, -0.25) is 10.1 Å². The van der Waals surface area contributed by atoms with Gasteiger partial charge in [0.1, 0.15) is 11.4 Å². The average Bonchev–Trinajstić information content (AvgIpc) is 2.54. The van der Waals surface area contributed by atoms with E-state index in [1.54, 1.807) is 6.07 Å². The van der Waals surface area contributed by atoms with Gasteiger partial charge in [0, 0.05) is 11.8 Å². The molecule has 6 nitrogen and oxygen atoms in total. The summed E-state index contributed by atoms with van der Waals surface area (Å²) in [6.07, 6.45) is 2.50. The normalized spacial score (nSPS) is 16.3. The largest absolute Gasteiger partial charge is 0.477 e. The van der Waals surface area contributed by atoms with Crippen LogP contribution in [0.15, 0.2) is 36.4 Å². The minimum absolute atomic E-state index is 0.0857. The van der Waals surface area contributed by atoms with Crippen molar-refractivity contribution in [2.24, 2.45) is 0 Å². The number of hydrogen-bond acceptors (Lipinski definition) is 4. The average molecular weight is 330 g/mol. The van der Waals surface area contributed by atoms with Gasteiger partial charge >= 0.3 is 5.97 Å². The molecule has 1 aliphatic carbocycles. The topological polar surface area (TPSA) is 92.5 Å². The summed E-state index contributed by atoms with van der Waals surface area (Å²) in [5, 5.41) is 23.3. The van der Waals surface area contributed by atoms with Crippen LogP contribution in [-0.4, -0.2) is 16.0 Å². The lowest BCUT2D eigenvalue weighted by Gasteiger charge is -2.27. The Labute approximate surface area is 137 Å². The number of carboxylic acids is 1. The molecule has 2 N–H and O–H groups in total. The smallest absolute Gasteiger partial charge is 0.342 e. The van der Waals surface area contributed by atoms with E-state index < -0.39 is 16.6 Å². The van der Waals surface area contributed by atoms with Crippen molar-refractivity contribution in [2.45, 2.75) is 25.3 Å². The maximum atomic E-state index is 13.4. The Balaban J connectivity index is 1.91. The van der Waals surface area contributed by atoms with Crippen LogP contribution in [0, 0.1) is 15.9 Å². The van der Waals surface area contributed by atoms with E-state index in [9.17, 15) is 19.3 Å². The molecule has 124 valence electrons. The summed E-state index contributed by atoms with van der Waals surface area (Å²) in [7, 11) is 0. The zero-order chi connectivity index (χ0) is 17.3. The molecule has 7 heteroatoms. The number of nitro benzene ring substituents is 1. The molecule has 0 amide bonds. The first-order valence-corrected chi connectivity index (χ1v) is 7.52. The number of nitrogens with zero attached hydrogens (tertiary/aromatic N) is 1. The molecule has 0 saturated carbocycles. The van der Waals surface area contributed by atoms with Crippen molar-refractivity contribution in [1.29, 1.82) is 0 Å². The van der Waals surface area contributed by atoms with Crippen LogP contribution >= 0.6 is 0 Å². The number of aryl methyl sites for hydroxylation is 1. The highest BCUT2D eigenvalue weighted by molar-refractivity contribution is 5.93. The number of carboxylic acid groups (broad SMARTS) is 1. The highest BCUT2D eigenvalue weighted by Gasteiger charge is 2.23. The molecule has 0 saturated heterocycles. The summed E-state index contributed by atoms with van der Waals surface area (Å²) in [5.41, 5.74) is 1.58. The molecule has 0 aromatic heterocycles. The van der Waals surface area contributed by atoms with Crippen LogP contribution in [0.3, 0.4) is 0 Å². The van der Waals surface area contributed by atoms with E-state index in [1.165, 1.54) is 30.3 Å². The highest BCUT2D eigenvalue weighted by atomic mass is 19.1. The number of hydrogen-bond donors (Lipinski definition) is 2. The fraction of sp³-hybridized carbons (Fsp3) is 0.235. The Kier molecular flexibility index (Phi) is 4.16. The van der Waals surface area contributed by atoms with E-state index in [0.717, 1.165) is 30.4 Å². The van der Waals surface area contributed by atoms with Gasteiger partial charge in [0.05, 0.1) is 11.0 Å². The predicted octanol–water partition coefficient (Wildman–Crippen LogP) is 3.92. The fourth-order valence-electron chi connectivity index (χ4n) is 3.09. The first-order chi connectivity index (χ1) is 11.5. The minimum Gasteiger partial charge on any atom is -0.477 e. The molecule has 0 bridgehead atoms. The maximum absolute atomic E-state index is 13.4. The number of halogens is 1. The van der Waals surface area contributed by atoms with Gasteiger partial charge in [0.15, 0.2) is 0 Å². The molecule has 0 aliphatic heterocycles. The van der Waals surface area contributed by atoms with E-state index in [1.807, 2.05) is 0 Å². The Bertz CT molecular complexity index is 822. The molecule has 24 heavy (non-hydrogen) atoms. The molecular formula is C17H15FN2O4. The molecule has 1 aliphatic rings. The van der Waals surface area contributed by atoms with Crippen molar-refractivity contribution in [3.63, 3.8) is 0 Å². The van der Waals surface area contributed by atoms with Crippen molar-refractivity contribution in [2.75, 3.05) is 5.32 Å². The third kappa shape index (κ3) is 3.05. The fourth-order valence-corrected chi connectivity index (χ4v) is 3.09. The summed E-state index contributed by atoms with van der Waals surface area (Å²) in [6, 6.07) is 8.49. The van der Waals surface area contributed by atoms with Crippen LogP contribution in [0.4, 0.5) is 15.8 Å². The Morgan fingerprint density at radius 2 is 2.08 bits per heavy atom. The molecule has 2 aromatic carbocycles. The third-order valence-electron chi connectivity index (χ3n) is 4.18. The molecule has 0 heterocycles. The molecular weight excluding hydrogens is 315 g/mol. The first kappa shape index (κ1) is 15.9.